The number of piperidine rings is 1. The summed E-state index contributed by atoms with van der Waals surface area (Å²) < 4.78 is 1.89. The van der Waals surface area contributed by atoms with Crippen molar-refractivity contribution in [1.82, 2.24) is 30.1 Å². The van der Waals surface area contributed by atoms with E-state index >= 15 is 0 Å². The first kappa shape index (κ1) is 25.1. The van der Waals surface area contributed by atoms with Crippen LogP contribution >= 0.6 is 0 Å². The number of H-pyrrole nitrogens is 1. The van der Waals surface area contributed by atoms with Crippen LogP contribution in [0.3, 0.4) is 0 Å². The van der Waals surface area contributed by atoms with Gasteiger partial charge in [-0.05, 0) is 63.7 Å². The number of terminal acetylenes is 1. The Balaban J connectivity index is 0.000000249. The van der Waals surface area contributed by atoms with E-state index in [2.05, 4.69) is 55.5 Å². The maximum atomic E-state index is 8.58. The summed E-state index contributed by atoms with van der Waals surface area (Å²) in [6, 6.07) is 6.10. The van der Waals surface area contributed by atoms with E-state index in [1.807, 2.05) is 22.8 Å². The number of hydrogen-bond donors (Lipinski definition) is 4. The van der Waals surface area contributed by atoms with E-state index in [1.54, 1.807) is 0 Å². The molecule has 0 bridgehead atoms. The van der Waals surface area contributed by atoms with Crippen molar-refractivity contribution in [3.05, 3.63) is 30.1 Å². The average molecular weight is 466 g/mol. The minimum atomic E-state index is 0.250. The number of fused-ring (bicyclic) bond motifs is 1. The number of rotatable bonds is 4. The van der Waals surface area contributed by atoms with Gasteiger partial charge in [-0.1, -0.05) is 6.42 Å². The highest BCUT2D eigenvalue weighted by Gasteiger charge is 2.26. The zero-order chi connectivity index (χ0) is 24.2. The van der Waals surface area contributed by atoms with Crippen molar-refractivity contribution in [1.29, 1.82) is 0 Å². The molecule has 0 radical (unpaired) electrons. The van der Waals surface area contributed by atoms with Crippen molar-refractivity contribution >= 4 is 29.5 Å². The molecule has 0 atom stereocenters. The topological polar surface area (TPSA) is 129 Å². The van der Waals surface area contributed by atoms with Gasteiger partial charge in [-0.3, -0.25) is 9.89 Å². The number of nitrogens with two attached hydrogens (primary N) is 1. The average Bonchev–Trinajstić information content (AvgIpc) is 3.27. The maximum Gasteiger partial charge on any atom is 0.245 e. The summed E-state index contributed by atoms with van der Waals surface area (Å²) in [6.45, 7) is 4.56. The van der Waals surface area contributed by atoms with Crippen LogP contribution in [0.15, 0.2) is 24.4 Å². The van der Waals surface area contributed by atoms with Crippen molar-refractivity contribution in [2.45, 2.75) is 50.9 Å². The molecule has 1 amide bonds. The van der Waals surface area contributed by atoms with Gasteiger partial charge in [0.25, 0.3) is 0 Å². The molecule has 1 saturated carbocycles. The molecule has 5 heterocycles. The SMILES string of the molecule is C#C.C1CCNCC1.NC=O.c1cc2c(Nc3cc(C4CC4)[nH]n3)nc(N3CCCC3)nn2c1. The Hall–Kier alpha value is -3.58. The molecule has 3 fully saturated rings. The Labute approximate surface area is 200 Å². The van der Waals surface area contributed by atoms with Crippen LogP contribution < -0.4 is 21.3 Å². The lowest BCUT2D eigenvalue weighted by Gasteiger charge is -2.16. The number of carbonyl (C=O) groups is 1. The van der Waals surface area contributed by atoms with Crippen molar-refractivity contribution in [3.63, 3.8) is 0 Å². The minimum absolute atomic E-state index is 0.250. The third-order valence-corrected chi connectivity index (χ3v) is 5.84. The second-order valence-corrected chi connectivity index (χ2v) is 8.35. The summed E-state index contributed by atoms with van der Waals surface area (Å²) >= 11 is 0. The molecule has 5 N–H and O–H groups in total. The number of aromatic nitrogens is 5. The predicted octanol–water partition coefficient (Wildman–Crippen LogP) is 2.78. The highest BCUT2D eigenvalue weighted by Crippen LogP contribution is 2.39. The Morgan fingerprint density at radius 3 is 2.41 bits per heavy atom. The largest absolute Gasteiger partial charge is 0.372 e. The number of primary amides is 1. The number of carbonyl (C=O) groups excluding carboxylic acids is 1. The lowest BCUT2D eigenvalue weighted by molar-refractivity contribution is -0.106. The number of aromatic amines is 1. The Morgan fingerprint density at radius 1 is 1.12 bits per heavy atom. The molecule has 0 spiro atoms. The molecule has 10 nitrogen and oxygen atoms in total. The van der Waals surface area contributed by atoms with Crippen molar-refractivity contribution < 1.29 is 4.79 Å². The smallest absolute Gasteiger partial charge is 0.245 e. The standard InChI is InChI=1S/C16H19N7.C5H11N.C2H2.CH3NO/c1-2-8-22(7-1)16-18-15(13-4-3-9-23(13)21-16)17-14-10-12(19-20-14)11-5-6-11;1-2-4-6-5-3-1;1-2;2-1-3/h3-4,9-11H,1-2,5-8H2,(H2,17,18,19,20,21);6H,1-5H2;1-2H;1H,(H2,2,3). The molecule has 2 saturated heterocycles. The number of hydrogen-bond acceptors (Lipinski definition) is 7. The van der Waals surface area contributed by atoms with Crippen LogP contribution in [0.4, 0.5) is 17.6 Å². The highest BCUT2D eigenvalue weighted by molar-refractivity contribution is 5.73. The van der Waals surface area contributed by atoms with E-state index in [-0.39, 0.29) is 6.41 Å². The molecule has 0 unspecified atom stereocenters. The van der Waals surface area contributed by atoms with E-state index in [4.69, 9.17) is 9.78 Å². The zero-order valence-electron chi connectivity index (χ0n) is 19.6. The van der Waals surface area contributed by atoms with Gasteiger partial charge in [0, 0.05) is 37.0 Å². The van der Waals surface area contributed by atoms with Gasteiger partial charge >= 0.3 is 0 Å². The van der Waals surface area contributed by atoms with E-state index < -0.39 is 0 Å². The van der Waals surface area contributed by atoms with Crippen molar-refractivity contribution in [2.24, 2.45) is 5.73 Å². The van der Waals surface area contributed by atoms with E-state index in [0.29, 0.717) is 5.92 Å². The van der Waals surface area contributed by atoms with Gasteiger partial charge < -0.3 is 21.3 Å². The third kappa shape index (κ3) is 6.96. The Bertz CT molecular complexity index is 1020. The van der Waals surface area contributed by atoms with Crippen LogP contribution in [0.2, 0.25) is 0 Å². The second kappa shape index (κ2) is 13.2. The van der Waals surface area contributed by atoms with Gasteiger partial charge in [0.2, 0.25) is 12.4 Å². The normalized spacial score (nSPS) is 16.8. The molecule has 182 valence electrons. The molecule has 2 aliphatic heterocycles. The van der Waals surface area contributed by atoms with Gasteiger partial charge in [-0.25, -0.2) is 4.52 Å². The summed E-state index contributed by atoms with van der Waals surface area (Å²) in [6.07, 6.45) is 19.4. The van der Waals surface area contributed by atoms with E-state index in [9.17, 15) is 0 Å². The summed E-state index contributed by atoms with van der Waals surface area (Å²) in [7, 11) is 0. The third-order valence-electron chi connectivity index (χ3n) is 5.84. The first-order valence-electron chi connectivity index (χ1n) is 11.9. The fourth-order valence-corrected chi connectivity index (χ4v) is 3.99. The summed E-state index contributed by atoms with van der Waals surface area (Å²) in [5, 5.41) is 18.8. The van der Waals surface area contributed by atoms with Crippen LogP contribution in [0.1, 0.15) is 56.6 Å². The van der Waals surface area contributed by atoms with Crippen LogP contribution in [0.5, 0.6) is 0 Å². The van der Waals surface area contributed by atoms with Gasteiger partial charge in [-0.2, -0.15) is 10.1 Å². The van der Waals surface area contributed by atoms with Crippen molar-refractivity contribution in [3.8, 4) is 12.8 Å². The first-order valence-corrected chi connectivity index (χ1v) is 11.9. The molecule has 0 aromatic carbocycles. The fraction of sp³-hybridized carbons (Fsp3) is 0.500. The van der Waals surface area contributed by atoms with Crippen LogP contribution in [-0.2, 0) is 4.79 Å². The van der Waals surface area contributed by atoms with Gasteiger partial charge in [0.15, 0.2) is 11.6 Å². The van der Waals surface area contributed by atoms with Crippen molar-refractivity contribution in [2.75, 3.05) is 36.4 Å². The number of nitrogens with one attached hydrogen (secondary N) is 3. The van der Waals surface area contributed by atoms with Crippen LogP contribution in [0.25, 0.3) is 5.52 Å². The lowest BCUT2D eigenvalue weighted by atomic mass is 10.2. The Kier molecular flexibility index (Phi) is 9.73. The molecule has 3 aliphatic rings. The molecule has 34 heavy (non-hydrogen) atoms. The van der Waals surface area contributed by atoms with Gasteiger partial charge in [-0.15, -0.1) is 17.9 Å². The monoisotopic (exact) mass is 465 g/mol. The zero-order valence-corrected chi connectivity index (χ0v) is 19.6. The predicted molar refractivity (Wildman–Crippen MR) is 135 cm³/mol. The highest BCUT2D eigenvalue weighted by atomic mass is 16.1. The van der Waals surface area contributed by atoms with Gasteiger partial charge in [0.05, 0.1) is 0 Å². The quantitative estimate of drug-likeness (QED) is 0.344. The number of anilines is 3. The lowest BCUT2D eigenvalue weighted by Crippen LogP contribution is -2.22. The molecular weight excluding hydrogens is 430 g/mol. The van der Waals surface area contributed by atoms with Gasteiger partial charge in [0.1, 0.15) is 5.52 Å². The molecular formula is C24H35N9O. The first-order chi connectivity index (χ1) is 16.8. The molecule has 10 heteroatoms. The van der Waals surface area contributed by atoms with E-state index in [1.165, 1.54) is 63.7 Å². The molecule has 1 aliphatic carbocycles. The Morgan fingerprint density at radius 2 is 1.82 bits per heavy atom. The summed E-state index contributed by atoms with van der Waals surface area (Å²) in [5.41, 5.74) is 6.34. The van der Waals surface area contributed by atoms with E-state index in [0.717, 1.165) is 36.2 Å². The number of nitrogens with zero attached hydrogens (tertiary/aromatic N) is 5. The number of amides is 1. The summed E-state index contributed by atoms with van der Waals surface area (Å²) in [5.74, 6) is 3.07. The molecule has 6 rings (SSSR count). The molecule has 3 aromatic rings. The van der Waals surface area contributed by atoms with Crippen LogP contribution in [-0.4, -0.2) is 57.4 Å². The minimum Gasteiger partial charge on any atom is -0.372 e. The summed E-state index contributed by atoms with van der Waals surface area (Å²) in [4.78, 5) is 15.6. The van der Waals surface area contributed by atoms with Crippen LogP contribution in [0, 0.1) is 12.8 Å². The molecule has 3 aromatic heterocycles. The fourth-order valence-electron chi connectivity index (χ4n) is 3.99. The second-order valence-electron chi connectivity index (χ2n) is 8.35. The maximum absolute atomic E-state index is 8.58.